The second kappa shape index (κ2) is 7.71. The zero-order chi connectivity index (χ0) is 21.4. The number of carbonyl (C=O) groups is 1. The average molecular weight is 424 g/mol. The first-order valence-corrected chi connectivity index (χ1v) is 9.43. The van der Waals surface area contributed by atoms with Gasteiger partial charge in [-0.25, -0.2) is 4.98 Å². The molecule has 1 N–H and O–H groups in total. The maximum atomic E-state index is 13.2. The maximum absolute atomic E-state index is 13.2. The van der Waals surface area contributed by atoms with Gasteiger partial charge >= 0.3 is 6.18 Å². The standard InChI is InChI=1S/C21H21ClF3N3O/c1-20(2,3)11-16-19(27-18(29)10-13-5-4-6-15(22)9-13)26-17-8-7-14(12-28(16)17)21(23,24)25/h4-9,12H,10-11H2,1-3H3,(H,27,29). The van der Waals surface area contributed by atoms with E-state index in [1.165, 1.54) is 10.5 Å². The summed E-state index contributed by atoms with van der Waals surface area (Å²) in [5.41, 5.74) is 0.606. The highest BCUT2D eigenvalue weighted by Crippen LogP contribution is 2.32. The summed E-state index contributed by atoms with van der Waals surface area (Å²) in [7, 11) is 0. The summed E-state index contributed by atoms with van der Waals surface area (Å²) in [6.45, 7) is 5.91. The van der Waals surface area contributed by atoms with Gasteiger partial charge in [-0.1, -0.05) is 44.5 Å². The Hall–Kier alpha value is -2.54. The van der Waals surface area contributed by atoms with Crippen LogP contribution in [0.1, 0.15) is 37.6 Å². The van der Waals surface area contributed by atoms with Crippen LogP contribution in [0.4, 0.5) is 19.0 Å². The molecule has 0 saturated heterocycles. The van der Waals surface area contributed by atoms with E-state index in [-0.39, 0.29) is 23.6 Å². The van der Waals surface area contributed by atoms with Gasteiger partial charge in [0.05, 0.1) is 17.7 Å². The van der Waals surface area contributed by atoms with Crippen LogP contribution < -0.4 is 5.32 Å². The van der Waals surface area contributed by atoms with Crippen LogP contribution >= 0.6 is 11.6 Å². The number of benzene rings is 1. The molecule has 0 aliphatic rings. The fourth-order valence-corrected chi connectivity index (χ4v) is 3.25. The third-order valence-corrected chi connectivity index (χ3v) is 4.49. The number of pyridine rings is 1. The molecule has 154 valence electrons. The van der Waals surface area contributed by atoms with E-state index in [4.69, 9.17) is 11.6 Å². The number of amides is 1. The summed E-state index contributed by atoms with van der Waals surface area (Å²) in [4.78, 5) is 16.9. The van der Waals surface area contributed by atoms with E-state index in [1.807, 2.05) is 20.8 Å². The third kappa shape index (κ3) is 5.29. The average Bonchev–Trinajstić information content (AvgIpc) is 2.89. The van der Waals surface area contributed by atoms with Crippen LogP contribution in [0.3, 0.4) is 0 Å². The second-order valence-electron chi connectivity index (χ2n) is 8.14. The smallest absolute Gasteiger partial charge is 0.309 e. The summed E-state index contributed by atoms with van der Waals surface area (Å²) in [5.74, 6) is -0.0480. The third-order valence-electron chi connectivity index (χ3n) is 4.25. The van der Waals surface area contributed by atoms with Crippen molar-refractivity contribution in [2.24, 2.45) is 5.41 Å². The van der Waals surface area contributed by atoms with Crippen LogP contribution in [-0.2, 0) is 23.8 Å². The van der Waals surface area contributed by atoms with Crippen LogP contribution in [-0.4, -0.2) is 15.3 Å². The maximum Gasteiger partial charge on any atom is 0.417 e. The van der Waals surface area contributed by atoms with Gasteiger partial charge in [0, 0.05) is 11.2 Å². The van der Waals surface area contributed by atoms with Crippen LogP contribution in [0.5, 0.6) is 0 Å². The molecule has 2 aromatic heterocycles. The Morgan fingerprint density at radius 1 is 1.17 bits per heavy atom. The second-order valence-corrected chi connectivity index (χ2v) is 8.58. The van der Waals surface area contributed by atoms with Crippen LogP contribution in [0.15, 0.2) is 42.6 Å². The Balaban J connectivity index is 1.97. The van der Waals surface area contributed by atoms with Crippen molar-refractivity contribution in [3.05, 3.63) is 64.4 Å². The van der Waals surface area contributed by atoms with Gasteiger partial charge in [0.25, 0.3) is 0 Å². The number of alkyl halides is 3. The molecule has 8 heteroatoms. The van der Waals surface area contributed by atoms with Gasteiger partial charge in [0.2, 0.25) is 5.91 Å². The lowest BCUT2D eigenvalue weighted by Gasteiger charge is -2.19. The summed E-state index contributed by atoms with van der Waals surface area (Å²) in [6.07, 6.45) is -2.93. The molecule has 4 nitrogen and oxygen atoms in total. The van der Waals surface area contributed by atoms with Crippen molar-refractivity contribution in [1.82, 2.24) is 9.38 Å². The fraction of sp³-hybridized carbons (Fsp3) is 0.333. The Kier molecular flexibility index (Phi) is 5.63. The van der Waals surface area contributed by atoms with Gasteiger partial charge < -0.3 is 9.72 Å². The van der Waals surface area contributed by atoms with E-state index in [0.29, 0.717) is 22.8 Å². The SMILES string of the molecule is CC(C)(C)Cc1c(NC(=O)Cc2cccc(Cl)c2)nc2ccc(C(F)(F)F)cn12. The van der Waals surface area contributed by atoms with Crippen LogP contribution in [0.25, 0.3) is 5.65 Å². The first kappa shape index (κ1) is 21.2. The predicted octanol–water partition coefficient (Wildman–Crippen LogP) is 5.78. The fourth-order valence-electron chi connectivity index (χ4n) is 3.04. The van der Waals surface area contributed by atoms with Crippen molar-refractivity contribution in [3.63, 3.8) is 0 Å². The molecule has 0 saturated carbocycles. The molecule has 0 bridgehead atoms. The Labute approximate surface area is 171 Å². The minimum Gasteiger partial charge on any atom is -0.309 e. The predicted molar refractivity (Wildman–Crippen MR) is 107 cm³/mol. The van der Waals surface area contributed by atoms with E-state index >= 15 is 0 Å². The monoisotopic (exact) mass is 423 g/mol. The number of aromatic nitrogens is 2. The lowest BCUT2D eigenvalue weighted by Crippen LogP contribution is -2.18. The lowest BCUT2D eigenvalue weighted by atomic mass is 9.90. The summed E-state index contributed by atoms with van der Waals surface area (Å²) in [5, 5.41) is 3.28. The first-order valence-electron chi connectivity index (χ1n) is 9.05. The molecule has 0 spiro atoms. The first-order chi connectivity index (χ1) is 13.4. The Bertz CT molecular complexity index is 1050. The Morgan fingerprint density at radius 2 is 1.90 bits per heavy atom. The van der Waals surface area contributed by atoms with Gasteiger partial charge in [-0.2, -0.15) is 13.2 Å². The number of fused-ring (bicyclic) bond motifs is 1. The highest BCUT2D eigenvalue weighted by molar-refractivity contribution is 6.30. The molecule has 2 heterocycles. The lowest BCUT2D eigenvalue weighted by molar-refractivity contribution is -0.137. The number of imidazole rings is 1. The number of anilines is 1. The number of carbonyl (C=O) groups excluding carboxylic acids is 1. The van der Waals surface area contributed by atoms with Crippen LogP contribution in [0.2, 0.25) is 5.02 Å². The van der Waals surface area contributed by atoms with E-state index in [0.717, 1.165) is 17.8 Å². The molecule has 29 heavy (non-hydrogen) atoms. The number of halogens is 4. The Morgan fingerprint density at radius 3 is 2.52 bits per heavy atom. The largest absolute Gasteiger partial charge is 0.417 e. The molecule has 0 fully saturated rings. The van der Waals surface area contributed by atoms with Gasteiger partial charge in [-0.15, -0.1) is 0 Å². The van der Waals surface area contributed by atoms with Gasteiger partial charge in [-0.3, -0.25) is 4.79 Å². The minimum absolute atomic E-state index is 0.0805. The number of hydrogen-bond donors (Lipinski definition) is 1. The topological polar surface area (TPSA) is 46.4 Å². The van der Waals surface area contributed by atoms with E-state index in [1.54, 1.807) is 24.3 Å². The number of rotatable bonds is 4. The van der Waals surface area contributed by atoms with Crippen molar-refractivity contribution in [2.75, 3.05) is 5.32 Å². The molecular weight excluding hydrogens is 403 g/mol. The van der Waals surface area contributed by atoms with Crippen molar-refractivity contribution in [3.8, 4) is 0 Å². The molecule has 0 aliphatic carbocycles. The zero-order valence-corrected chi connectivity index (χ0v) is 17.0. The molecule has 0 radical (unpaired) electrons. The summed E-state index contributed by atoms with van der Waals surface area (Å²) < 4.78 is 40.9. The molecule has 1 amide bonds. The number of hydrogen-bond acceptors (Lipinski definition) is 2. The van der Waals surface area contributed by atoms with Crippen LogP contribution in [0, 0.1) is 5.41 Å². The normalized spacial score (nSPS) is 12.4. The van der Waals surface area contributed by atoms with Gasteiger partial charge in [0.1, 0.15) is 5.65 Å². The number of nitrogens with zero attached hydrogens (tertiary/aromatic N) is 2. The van der Waals surface area contributed by atoms with E-state index in [2.05, 4.69) is 10.3 Å². The molecular formula is C21H21ClF3N3O. The molecule has 0 atom stereocenters. The van der Waals surface area contributed by atoms with E-state index < -0.39 is 11.7 Å². The molecule has 1 aromatic carbocycles. The van der Waals surface area contributed by atoms with Gasteiger partial charge in [0.15, 0.2) is 5.82 Å². The van der Waals surface area contributed by atoms with Crippen molar-refractivity contribution in [1.29, 1.82) is 0 Å². The summed E-state index contributed by atoms with van der Waals surface area (Å²) in [6, 6.07) is 9.23. The zero-order valence-electron chi connectivity index (χ0n) is 16.3. The molecule has 3 rings (SSSR count). The van der Waals surface area contributed by atoms with Gasteiger partial charge in [-0.05, 0) is 41.7 Å². The van der Waals surface area contributed by atoms with E-state index in [9.17, 15) is 18.0 Å². The molecule has 0 aliphatic heterocycles. The van der Waals surface area contributed by atoms with Crippen molar-refractivity contribution < 1.29 is 18.0 Å². The summed E-state index contributed by atoms with van der Waals surface area (Å²) >= 11 is 5.95. The van der Waals surface area contributed by atoms with Crippen molar-refractivity contribution in [2.45, 2.75) is 39.8 Å². The highest BCUT2D eigenvalue weighted by Gasteiger charge is 2.31. The number of nitrogens with one attached hydrogen (secondary N) is 1. The quantitative estimate of drug-likeness (QED) is 0.578. The minimum atomic E-state index is -4.46. The molecule has 0 unspecified atom stereocenters. The molecule has 3 aromatic rings. The van der Waals surface area contributed by atoms with Crippen molar-refractivity contribution >= 4 is 29.0 Å². The highest BCUT2D eigenvalue weighted by atomic mass is 35.5.